The number of carbonyl (C=O) groups is 1. The Hall–Kier alpha value is -3.23. The number of aliphatic hydroxyl groups excluding tert-OH is 2. The van der Waals surface area contributed by atoms with Crippen LogP contribution in [0.25, 0.3) is 0 Å². The van der Waals surface area contributed by atoms with E-state index in [1.807, 2.05) is 0 Å². The number of fused-ring (bicyclic) bond motifs is 1. The Balaban J connectivity index is 2.01. The van der Waals surface area contributed by atoms with Crippen LogP contribution >= 0.6 is 0 Å². The highest BCUT2D eigenvalue weighted by molar-refractivity contribution is 5.83. The summed E-state index contributed by atoms with van der Waals surface area (Å²) >= 11 is 0. The van der Waals surface area contributed by atoms with Crippen molar-refractivity contribution >= 4 is 17.3 Å². The average Bonchev–Trinajstić information content (AvgIpc) is 2.86. The molecular formula is C17H14N2O6. The number of nitro groups is 1. The summed E-state index contributed by atoms with van der Waals surface area (Å²) in [5.74, 6) is -0.467. The van der Waals surface area contributed by atoms with Crippen molar-refractivity contribution in [2.75, 3.05) is 4.90 Å². The molecule has 0 radical (unpaired) electrons. The summed E-state index contributed by atoms with van der Waals surface area (Å²) in [7, 11) is 0. The molecule has 1 aliphatic rings. The third-order valence-corrected chi connectivity index (χ3v) is 3.88. The molecule has 2 unspecified atom stereocenters. The highest BCUT2D eigenvalue weighted by atomic mass is 16.6. The van der Waals surface area contributed by atoms with Gasteiger partial charge in [0, 0.05) is 29.5 Å². The second-order valence-corrected chi connectivity index (χ2v) is 5.31. The fourth-order valence-electron chi connectivity index (χ4n) is 2.81. The maximum atomic E-state index is 11.3. The van der Waals surface area contributed by atoms with Crippen LogP contribution in [0.5, 0.6) is 5.75 Å². The molecule has 3 rings (SSSR count). The van der Waals surface area contributed by atoms with Gasteiger partial charge in [-0.1, -0.05) is 24.8 Å². The molecule has 8 nitrogen and oxygen atoms in total. The first-order valence-corrected chi connectivity index (χ1v) is 7.30. The van der Waals surface area contributed by atoms with E-state index in [1.54, 1.807) is 12.1 Å². The van der Waals surface area contributed by atoms with E-state index in [0.29, 0.717) is 5.69 Å². The van der Waals surface area contributed by atoms with Gasteiger partial charge in [-0.05, 0) is 12.1 Å². The number of nitrogens with zero attached hydrogens (tertiary/aromatic N) is 2. The minimum Gasteiger partial charge on any atom is -0.423 e. The summed E-state index contributed by atoms with van der Waals surface area (Å²) in [6, 6.07) is 10.3. The van der Waals surface area contributed by atoms with E-state index in [9.17, 15) is 25.1 Å². The van der Waals surface area contributed by atoms with Crippen molar-refractivity contribution in [1.29, 1.82) is 0 Å². The van der Waals surface area contributed by atoms with Gasteiger partial charge in [-0.25, -0.2) is 4.79 Å². The van der Waals surface area contributed by atoms with Gasteiger partial charge in [0.15, 0.2) is 12.5 Å². The van der Waals surface area contributed by atoms with Crippen LogP contribution in [0.1, 0.15) is 23.6 Å². The predicted octanol–water partition coefficient (Wildman–Crippen LogP) is 2.19. The average molecular weight is 342 g/mol. The Bertz CT molecular complexity index is 866. The minimum atomic E-state index is -1.42. The van der Waals surface area contributed by atoms with E-state index >= 15 is 0 Å². The molecule has 0 aliphatic carbocycles. The second-order valence-electron chi connectivity index (χ2n) is 5.31. The monoisotopic (exact) mass is 342 g/mol. The van der Waals surface area contributed by atoms with Crippen LogP contribution in [0.3, 0.4) is 0 Å². The molecule has 25 heavy (non-hydrogen) atoms. The number of anilines is 1. The van der Waals surface area contributed by atoms with Gasteiger partial charge in [-0.2, -0.15) is 0 Å². The van der Waals surface area contributed by atoms with Crippen LogP contribution < -0.4 is 9.64 Å². The zero-order valence-electron chi connectivity index (χ0n) is 12.9. The highest BCUT2D eigenvalue weighted by Crippen LogP contribution is 2.46. The van der Waals surface area contributed by atoms with Gasteiger partial charge < -0.3 is 19.8 Å². The SMILES string of the molecule is C=CC(=O)Oc1cccc(N2C(O)c3cccc([N+](=O)[O-])c3C2O)c1. The third kappa shape index (κ3) is 2.84. The second kappa shape index (κ2) is 6.34. The van der Waals surface area contributed by atoms with Crippen LogP contribution in [0.4, 0.5) is 11.4 Å². The van der Waals surface area contributed by atoms with Crippen molar-refractivity contribution in [3.63, 3.8) is 0 Å². The highest BCUT2D eigenvalue weighted by Gasteiger charge is 2.41. The van der Waals surface area contributed by atoms with Gasteiger partial charge in [-0.3, -0.25) is 10.1 Å². The number of nitro benzene ring substituents is 1. The van der Waals surface area contributed by atoms with Crippen LogP contribution in [-0.4, -0.2) is 21.1 Å². The van der Waals surface area contributed by atoms with Crippen LogP contribution in [0.2, 0.25) is 0 Å². The molecule has 128 valence electrons. The summed E-state index contributed by atoms with van der Waals surface area (Å²) in [5.41, 5.74) is 0.337. The summed E-state index contributed by atoms with van der Waals surface area (Å²) in [6.45, 7) is 3.31. The molecule has 1 heterocycles. The fraction of sp³-hybridized carbons (Fsp3) is 0.118. The standard InChI is InChI=1S/C17H14N2O6/c1-2-14(20)25-11-6-3-5-10(9-11)18-16(21)12-7-4-8-13(19(23)24)15(12)17(18)22/h2-9,16-17,21-22H,1H2. The third-order valence-electron chi connectivity index (χ3n) is 3.88. The number of aliphatic hydroxyl groups is 2. The van der Waals surface area contributed by atoms with Crippen LogP contribution in [0.15, 0.2) is 55.1 Å². The van der Waals surface area contributed by atoms with Gasteiger partial charge in [-0.15, -0.1) is 0 Å². The first-order valence-electron chi connectivity index (χ1n) is 7.30. The molecule has 2 N–H and O–H groups in total. The molecule has 2 aromatic rings. The van der Waals surface area contributed by atoms with Crippen molar-refractivity contribution < 1.29 is 24.7 Å². The topological polar surface area (TPSA) is 113 Å². The number of hydrogen-bond acceptors (Lipinski definition) is 7. The number of ether oxygens (including phenoxy) is 1. The summed E-state index contributed by atoms with van der Waals surface area (Å²) in [5, 5.41) is 32.3. The van der Waals surface area contributed by atoms with Crippen LogP contribution in [-0.2, 0) is 4.79 Å². The van der Waals surface area contributed by atoms with Gasteiger partial charge in [0.2, 0.25) is 0 Å². The van der Waals surface area contributed by atoms with Crippen molar-refractivity contribution in [3.8, 4) is 5.75 Å². The van der Waals surface area contributed by atoms with Crippen molar-refractivity contribution in [3.05, 3.63) is 76.4 Å². The molecule has 8 heteroatoms. The Kier molecular flexibility index (Phi) is 4.22. The van der Waals surface area contributed by atoms with Gasteiger partial charge in [0.05, 0.1) is 10.5 Å². The summed E-state index contributed by atoms with van der Waals surface area (Å²) in [6.07, 6.45) is -1.70. The summed E-state index contributed by atoms with van der Waals surface area (Å²) in [4.78, 5) is 23.1. The number of rotatable bonds is 4. The lowest BCUT2D eigenvalue weighted by molar-refractivity contribution is -0.386. The van der Waals surface area contributed by atoms with Crippen LogP contribution in [0, 0.1) is 10.1 Å². The first kappa shape index (κ1) is 16.6. The number of esters is 1. The Morgan fingerprint density at radius 2 is 1.96 bits per heavy atom. The van der Waals surface area contributed by atoms with Gasteiger partial charge in [0.25, 0.3) is 5.69 Å². The smallest absolute Gasteiger partial charge is 0.335 e. The zero-order chi connectivity index (χ0) is 18.1. The fourth-order valence-corrected chi connectivity index (χ4v) is 2.81. The molecule has 2 atom stereocenters. The maximum Gasteiger partial charge on any atom is 0.335 e. The van der Waals surface area contributed by atoms with E-state index in [0.717, 1.165) is 6.08 Å². The minimum absolute atomic E-state index is 0.0356. The largest absolute Gasteiger partial charge is 0.423 e. The number of benzene rings is 2. The molecule has 1 aliphatic heterocycles. The molecule has 0 spiro atoms. The first-order chi connectivity index (χ1) is 11.9. The molecule has 0 saturated heterocycles. The molecule has 0 bridgehead atoms. The lowest BCUT2D eigenvalue weighted by atomic mass is 10.1. The lowest BCUT2D eigenvalue weighted by Gasteiger charge is -2.26. The van der Waals surface area contributed by atoms with E-state index in [2.05, 4.69) is 6.58 Å². The molecule has 0 saturated carbocycles. The molecule has 0 aromatic heterocycles. The number of carbonyl (C=O) groups excluding carboxylic acids is 1. The lowest BCUT2D eigenvalue weighted by Crippen LogP contribution is -2.25. The Labute approximate surface area is 142 Å². The van der Waals surface area contributed by atoms with Gasteiger partial charge >= 0.3 is 5.97 Å². The van der Waals surface area contributed by atoms with Crippen molar-refractivity contribution in [1.82, 2.24) is 0 Å². The zero-order valence-corrected chi connectivity index (χ0v) is 12.9. The van der Waals surface area contributed by atoms with Crippen molar-refractivity contribution in [2.24, 2.45) is 0 Å². The Morgan fingerprint density at radius 3 is 2.64 bits per heavy atom. The van der Waals surface area contributed by atoms with Gasteiger partial charge in [0.1, 0.15) is 5.75 Å². The Morgan fingerprint density at radius 1 is 1.24 bits per heavy atom. The molecular weight excluding hydrogens is 328 g/mol. The van der Waals surface area contributed by atoms with E-state index in [1.165, 1.54) is 35.2 Å². The molecule has 0 amide bonds. The quantitative estimate of drug-likeness (QED) is 0.288. The van der Waals surface area contributed by atoms with Crippen molar-refractivity contribution in [2.45, 2.75) is 12.5 Å². The van der Waals surface area contributed by atoms with E-state index in [-0.39, 0.29) is 22.6 Å². The predicted molar refractivity (Wildman–Crippen MR) is 87.8 cm³/mol. The number of hydrogen-bond donors (Lipinski definition) is 2. The molecule has 0 fully saturated rings. The normalized spacial score (nSPS) is 18.6. The molecule has 2 aromatic carbocycles. The maximum absolute atomic E-state index is 11.3. The van der Waals surface area contributed by atoms with E-state index < -0.39 is 23.3 Å². The summed E-state index contributed by atoms with van der Waals surface area (Å²) < 4.78 is 5.02. The van der Waals surface area contributed by atoms with E-state index in [4.69, 9.17) is 4.74 Å².